The van der Waals surface area contributed by atoms with Crippen molar-refractivity contribution in [1.82, 2.24) is 14.8 Å². The maximum Gasteiger partial charge on any atom is 0.250 e. The van der Waals surface area contributed by atoms with Crippen LogP contribution in [0.5, 0.6) is 0 Å². The monoisotopic (exact) mass is 551 g/mol. The summed E-state index contributed by atoms with van der Waals surface area (Å²) in [7, 11) is 4.35. The first-order valence-electron chi connectivity index (χ1n) is 14.4. The zero-order valence-corrected chi connectivity index (χ0v) is 24.4. The van der Waals surface area contributed by atoms with Crippen molar-refractivity contribution < 1.29 is 4.79 Å². The number of hydrogen-bond donors (Lipinski definition) is 1. The van der Waals surface area contributed by atoms with Crippen LogP contribution in [0.3, 0.4) is 0 Å². The van der Waals surface area contributed by atoms with Crippen LogP contribution in [0.15, 0.2) is 84.4 Å². The predicted molar refractivity (Wildman–Crippen MR) is 165 cm³/mol. The number of fused-ring (bicyclic) bond motifs is 4. The molecule has 5 heteroatoms. The molecule has 4 nitrogen and oxygen atoms in total. The maximum absolute atomic E-state index is 14.2. The minimum absolute atomic E-state index is 0.147. The van der Waals surface area contributed by atoms with Crippen molar-refractivity contribution in [2.45, 2.75) is 50.6 Å². The number of carbonyl (C=O) groups is 1. The molecule has 1 atom stereocenters. The van der Waals surface area contributed by atoms with E-state index in [1.165, 1.54) is 27.7 Å². The molecule has 1 aromatic heterocycles. The number of para-hydroxylation sites is 1. The summed E-state index contributed by atoms with van der Waals surface area (Å²) in [5, 5.41) is 2.07. The maximum atomic E-state index is 14.2. The normalized spacial score (nSPS) is 22.1. The first kappa shape index (κ1) is 26.9. The Morgan fingerprint density at radius 2 is 1.68 bits per heavy atom. The summed E-state index contributed by atoms with van der Waals surface area (Å²) in [6.07, 6.45) is 6.89. The molecule has 40 heavy (non-hydrogen) atoms. The fraction of sp³-hybridized carbons (Fsp3) is 0.343. The molecule has 206 valence electrons. The molecule has 4 aromatic rings. The van der Waals surface area contributed by atoms with Gasteiger partial charge in [-0.25, -0.2) is 0 Å². The van der Waals surface area contributed by atoms with Gasteiger partial charge in [-0.15, -0.1) is 0 Å². The molecular weight excluding hydrogens is 514 g/mol. The number of nitrogens with one attached hydrogen (secondary N) is 1. The minimum atomic E-state index is -0.331. The summed E-state index contributed by atoms with van der Waals surface area (Å²) in [5.74, 6) is 0.642. The highest BCUT2D eigenvalue weighted by Gasteiger charge is 2.49. The Hall–Kier alpha value is -3.34. The van der Waals surface area contributed by atoms with Crippen molar-refractivity contribution in [1.29, 1.82) is 0 Å². The van der Waals surface area contributed by atoms with Crippen molar-refractivity contribution in [2.24, 2.45) is 5.92 Å². The molecule has 1 unspecified atom stereocenters. The van der Waals surface area contributed by atoms with Gasteiger partial charge in [-0.05, 0) is 100 Å². The van der Waals surface area contributed by atoms with Crippen molar-refractivity contribution in [3.63, 3.8) is 0 Å². The molecule has 1 amide bonds. The third-order valence-corrected chi connectivity index (χ3v) is 9.47. The van der Waals surface area contributed by atoms with Crippen molar-refractivity contribution in [2.75, 3.05) is 20.6 Å². The number of halogens is 1. The number of hydrogen-bond acceptors (Lipinski definition) is 2. The number of rotatable bonds is 5. The van der Waals surface area contributed by atoms with Crippen LogP contribution in [-0.4, -0.2) is 41.3 Å². The Labute approximate surface area is 242 Å². The molecule has 1 saturated carbocycles. The highest BCUT2D eigenvalue weighted by Crippen LogP contribution is 2.51. The molecule has 0 radical (unpaired) electrons. The molecule has 1 N–H and O–H groups in total. The number of nitrogens with zero attached hydrogens (tertiary/aromatic N) is 2. The average Bonchev–Trinajstić information content (AvgIpc) is 3.35. The van der Waals surface area contributed by atoms with Crippen LogP contribution in [0.2, 0.25) is 5.02 Å². The standard InChI is InChI=1S/C35H38ClN3O/c1-24(23-25-9-5-4-6-10-25)34(40)39-22-19-30-29-11-7-8-12-31(29)37-33(30)35(39)20-17-27(18-21-35)32(38(2)3)26-13-15-28(36)16-14-26/h4-16,23,27,32,37H,17-22H2,1-3H3. The van der Waals surface area contributed by atoms with Crippen LogP contribution in [0.4, 0.5) is 0 Å². The summed E-state index contributed by atoms with van der Waals surface area (Å²) in [6, 6.07) is 27.4. The molecule has 1 spiro atoms. The topological polar surface area (TPSA) is 39.3 Å². The van der Waals surface area contributed by atoms with Crippen molar-refractivity contribution in [3.8, 4) is 0 Å². The Bertz CT molecular complexity index is 1530. The second-order valence-corrected chi connectivity index (χ2v) is 12.2. The highest BCUT2D eigenvalue weighted by atomic mass is 35.5. The quantitative estimate of drug-likeness (QED) is 0.255. The Morgan fingerprint density at radius 1 is 1.00 bits per heavy atom. The number of carbonyl (C=O) groups excluding carboxylic acids is 1. The van der Waals surface area contributed by atoms with E-state index >= 15 is 0 Å². The molecule has 1 aliphatic heterocycles. The largest absolute Gasteiger partial charge is 0.356 e. The lowest BCUT2D eigenvalue weighted by Crippen LogP contribution is -2.55. The van der Waals surface area contributed by atoms with Gasteiger partial charge in [0.15, 0.2) is 0 Å². The van der Waals surface area contributed by atoms with Crippen molar-refractivity contribution >= 4 is 34.5 Å². The highest BCUT2D eigenvalue weighted by molar-refractivity contribution is 6.30. The molecule has 2 aliphatic rings. The van der Waals surface area contributed by atoms with Gasteiger partial charge in [0.1, 0.15) is 0 Å². The van der Waals surface area contributed by atoms with Gasteiger partial charge >= 0.3 is 0 Å². The van der Waals surface area contributed by atoms with Crippen LogP contribution < -0.4 is 0 Å². The van der Waals surface area contributed by atoms with Crippen LogP contribution in [0.25, 0.3) is 17.0 Å². The Kier molecular flexibility index (Phi) is 7.33. The summed E-state index contributed by atoms with van der Waals surface area (Å²) < 4.78 is 0. The van der Waals surface area contributed by atoms with Gasteiger partial charge in [0, 0.05) is 39.8 Å². The smallest absolute Gasteiger partial charge is 0.250 e. The van der Waals surface area contributed by atoms with E-state index in [-0.39, 0.29) is 11.4 Å². The van der Waals surface area contributed by atoms with E-state index in [1.807, 2.05) is 43.3 Å². The first-order chi connectivity index (χ1) is 19.4. The third-order valence-electron chi connectivity index (χ3n) is 9.22. The van der Waals surface area contributed by atoms with Crippen LogP contribution in [-0.2, 0) is 16.8 Å². The van der Waals surface area contributed by atoms with Gasteiger partial charge in [-0.1, -0.05) is 72.3 Å². The number of H-pyrrole nitrogens is 1. The minimum Gasteiger partial charge on any atom is -0.356 e. The van der Waals surface area contributed by atoms with Crippen molar-refractivity contribution in [3.05, 3.63) is 112 Å². The molecular formula is C35H38ClN3O. The van der Waals surface area contributed by atoms with Gasteiger partial charge in [0.25, 0.3) is 0 Å². The van der Waals surface area contributed by atoms with E-state index < -0.39 is 0 Å². The first-order valence-corrected chi connectivity index (χ1v) is 14.8. The Morgan fingerprint density at radius 3 is 2.38 bits per heavy atom. The van der Waals surface area contributed by atoms with E-state index in [0.29, 0.717) is 12.0 Å². The van der Waals surface area contributed by atoms with Gasteiger partial charge in [0.05, 0.1) is 5.54 Å². The van der Waals surface area contributed by atoms with E-state index in [4.69, 9.17) is 11.6 Å². The molecule has 2 heterocycles. The molecule has 3 aromatic carbocycles. The predicted octanol–water partition coefficient (Wildman–Crippen LogP) is 8.00. The Balaban J connectivity index is 1.37. The SMILES string of the molecule is CC(=Cc1ccccc1)C(=O)N1CCc2c([nH]c3ccccc23)C12CCC(C(c1ccc(Cl)cc1)N(C)C)CC2. The van der Waals surface area contributed by atoms with Gasteiger partial charge in [-0.2, -0.15) is 0 Å². The van der Waals surface area contributed by atoms with E-state index in [9.17, 15) is 4.79 Å². The lowest BCUT2D eigenvalue weighted by Gasteiger charge is -2.52. The third kappa shape index (κ3) is 4.78. The number of aromatic amines is 1. The van der Waals surface area contributed by atoms with E-state index in [2.05, 4.69) is 77.4 Å². The lowest BCUT2D eigenvalue weighted by atomic mass is 9.68. The second kappa shape index (κ2) is 10.9. The zero-order chi connectivity index (χ0) is 27.9. The van der Waals surface area contributed by atoms with Crippen LogP contribution >= 0.6 is 11.6 Å². The summed E-state index contributed by atoms with van der Waals surface area (Å²) in [4.78, 5) is 22.6. The second-order valence-electron chi connectivity index (χ2n) is 11.8. The summed E-state index contributed by atoms with van der Waals surface area (Å²) in [6.45, 7) is 2.71. The lowest BCUT2D eigenvalue weighted by molar-refractivity contribution is -0.137. The fourth-order valence-corrected chi connectivity index (χ4v) is 7.53. The molecule has 1 aliphatic carbocycles. The van der Waals surface area contributed by atoms with Crippen LogP contribution in [0, 0.1) is 5.92 Å². The van der Waals surface area contributed by atoms with Gasteiger partial charge in [-0.3, -0.25) is 4.79 Å². The number of amides is 1. The number of benzene rings is 3. The van der Waals surface area contributed by atoms with E-state index in [0.717, 1.165) is 54.8 Å². The number of aromatic nitrogens is 1. The molecule has 6 rings (SSSR count). The fourth-order valence-electron chi connectivity index (χ4n) is 7.40. The summed E-state index contributed by atoms with van der Waals surface area (Å²) in [5.41, 5.74) is 6.65. The van der Waals surface area contributed by atoms with E-state index in [1.54, 1.807) is 0 Å². The van der Waals surface area contributed by atoms with Crippen LogP contribution in [0.1, 0.15) is 61.0 Å². The van der Waals surface area contributed by atoms with Gasteiger partial charge in [0.2, 0.25) is 5.91 Å². The zero-order valence-electron chi connectivity index (χ0n) is 23.7. The average molecular weight is 552 g/mol. The molecule has 0 bridgehead atoms. The molecule has 0 saturated heterocycles. The van der Waals surface area contributed by atoms with Gasteiger partial charge < -0.3 is 14.8 Å². The summed E-state index contributed by atoms with van der Waals surface area (Å²) >= 11 is 6.22. The molecule has 1 fully saturated rings.